The molecule has 94 valence electrons. The topological polar surface area (TPSA) is 61.0 Å². The number of nitrogens with zero attached hydrogens (tertiary/aromatic N) is 2. The van der Waals surface area contributed by atoms with Crippen molar-refractivity contribution in [2.45, 2.75) is 13.5 Å². The molecule has 0 bridgehead atoms. The number of halogens is 2. The Hall–Kier alpha value is -1.33. The van der Waals surface area contributed by atoms with E-state index in [1.165, 1.54) is 0 Å². The molecule has 0 spiro atoms. The molecule has 0 atom stereocenters. The van der Waals surface area contributed by atoms with Crippen molar-refractivity contribution in [3.8, 4) is 5.75 Å². The summed E-state index contributed by atoms with van der Waals surface area (Å²) in [7, 11) is 0. The largest absolute Gasteiger partial charge is 0.484 e. The first-order chi connectivity index (χ1) is 8.54. The molecule has 4 nitrogen and oxygen atoms in total. The molecule has 0 saturated carbocycles. The number of aromatic nitrogens is 2. The number of benzene rings is 1. The maximum atomic E-state index is 5.85. The van der Waals surface area contributed by atoms with Crippen LogP contribution in [0.4, 0.5) is 5.82 Å². The first-order valence-electron chi connectivity index (χ1n) is 5.22. The van der Waals surface area contributed by atoms with Crippen LogP contribution >= 0.6 is 27.5 Å². The van der Waals surface area contributed by atoms with Crippen LogP contribution in [0.2, 0.25) is 5.02 Å². The molecule has 18 heavy (non-hydrogen) atoms. The highest BCUT2D eigenvalue weighted by Crippen LogP contribution is 2.28. The van der Waals surface area contributed by atoms with Gasteiger partial charge in [0.1, 0.15) is 18.2 Å². The molecule has 2 rings (SSSR count). The molecule has 1 heterocycles. The number of aryl methyl sites for hydroxylation is 1. The van der Waals surface area contributed by atoms with Crippen LogP contribution in [0.25, 0.3) is 0 Å². The molecular weight excluding hydrogens is 318 g/mol. The van der Waals surface area contributed by atoms with E-state index in [-0.39, 0.29) is 6.61 Å². The number of hydrogen-bond donors (Lipinski definition) is 1. The molecule has 2 N–H and O–H groups in total. The van der Waals surface area contributed by atoms with Gasteiger partial charge in [0, 0.05) is 16.8 Å². The highest BCUT2D eigenvalue weighted by Gasteiger charge is 2.05. The average Bonchev–Trinajstić information content (AvgIpc) is 2.26. The summed E-state index contributed by atoms with van der Waals surface area (Å²) in [5.74, 6) is 1.67. The van der Waals surface area contributed by atoms with Crippen LogP contribution in [-0.4, -0.2) is 9.97 Å². The zero-order chi connectivity index (χ0) is 13.1. The van der Waals surface area contributed by atoms with Gasteiger partial charge in [-0.1, -0.05) is 11.6 Å². The van der Waals surface area contributed by atoms with Crippen LogP contribution in [-0.2, 0) is 6.61 Å². The third kappa shape index (κ3) is 3.34. The molecule has 0 amide bonds. The number of nitrogen functional groups attached to an aromatic ring is 1. The molecule has 2 aromatic rings. The monoisotopic (exact) mass is 327 g/mol. The molecule has 0 radical (unpaired) electrons. The fraction of sp³-hybridized carbons (Fsp3) is 0.167. The van der Waals surface area contributed by atoms with Gasteiger partial charge >= 0.3 is 0 Å². The molecule has 1 aromatic heterocycles. The summed E-state index contributed by atoms with van der Waals surface area (Å²) in [6.07, 6.45) is 0. The molecule has 0 aliphatic rings. The lowest BCUT2D eigenvalue weighted by Crippen LogP contribution is -2.05. The number of anilines is 1. The molecular formula is C12H11BrClN3O. The van der Waals surface area contributed by atoms with Gasteiger partial charge in [0.15, 0.2) is 5.82 Å². The minimum atomic E-state index is 0.256. The van der Waals surface area contributed by atoms with Gasteiger partial charge in [-0.2, -0.15) is 0 Å². The first kappa shape index (κ1) is 13.1. The second kappa shape index (κ2) is 5.54. The quantitative estimate of drug-likeness (QED) is 0.938. The van der Waals surface area contributed by atoms with E-state index in [0.29, 0.717) is 22.4 Å². The van der Waals surface area contributed by atoms with Crippen molar-refractivity contribution in [3.63, 3.8) is 0 Å². The van der Waals surface area contributed by atoms with Crippen LogP contribution in [0.5, 0.6) is 5.75 Å². The summed E-state index contributed by atoms with van der Waals surface area (Å²) in [5, 5.41) is 0.644. The molecule has 0 aliphatic heterocycles. The van der Waals surface area contributed by atoms with Gasteiger partial charge in [0.2, 0.25) is 0 Å². The molecule has 6 heteroatoms. The Morgan fingerprint density at radius 3 is 2.78 bits per heavy atom. The predicted molar refractivity (Wildman–Crippen MR) is 74.7 cm³/mol. The van der Waals surface area contributed by atoms with E-state index in [2.05, 4.69) is 25.9 Å². The first-order valence-corrected chi connectivity index (χ1v) is 6.39. The lowest BCUT2D eigenvalue weighted by molar-refractivity contribution is 0.294. The summed E-state index contributed by atoms with van der Waals surface area (Å²) in [6.45, 7) is 2.12. The summed E-state index contributed by atoms with van der Waals surface area (Å²) in [4.78, 5) is 8.34. The smallest absolute Gasteiger partial charge is 0.168 e. The van der Waals surface area contributed by atoms with Gasteiger partial charge in [-0.15, -0.1) is 0 Å². The van der Waals surface area contributed by atoms with Crippen LogP contribution in [0.15, 0.2) is 28.7 Å². The van der Waals surface area contributed by atoms with E-state index >= 15 is 0 Å². The van der Waals surface area contributed by atoms with Crippen molar-refractivity contribution in [1.82, 2.24) is 9.97 Å². The van der Waals surface area contributed by atoms with E-state index in [1.54, 1.807) is 24.3 Å². The van der Waals surface area contributed by atoms with Crippen molar-refractivity contribution >= 4 is 33.3 Å². The van der Waals surface area contributed by atoms with Crippen molar-refractivity contribution in [3.05, 3.63) is 45.3 Å². The minimum Gasteiger partial charge on any atom is -0.484 e. The Labute approximate surface area is 118 Å². The van der Waals surface area contributed by atoms with E-state index in [9.17, 15) is 0 Å². The number of nitrogens with two attached hydrogens (primary N) is 1. The summed E-state index contributed by atoms with van der Waals surface area (Å²) in [6, 6.07) is 7.02. The van der Waals surface area contributed by atoms with Gasteiger partial charge in [-0.3, -0.25) is 0 Å². The summed E-state index contributed by atoms with van der Waals surface area (Å²) >= 11 is 9.22. The van der Waals surface area contributed by atoms with E-state index in [0.717, 1.165) is 10.2 Å². The van der Waals surface area contributed by atoms with Crippen molar-refractivity contribution < 1.29 is 4.74 Å². The van der Waals surface area contributed by atoms with Crippen LogP contribution in [0.3, 0.4) is 0 Å². The Morgan fingerprint density at radius 1 is 1.33 bits per heavy atom. The maximum absolute atomic E-state index is 5.85. The normalized spacial score (nSPS) is 10.4. The van der Waals surface area contributed by atoms with Gasteiger partial charge < -0.3 is 10.5 Å². The Kier molecular flexibility index (Phi) is 4.04. The zero-order valence-corrected chi connectivity index (χ0v) is 12.0. The molecule has 0 fully saturated rings. The average molecular weight is 329 g/mol. The highest BCUT2D eigenvalue weighted by molar-refractivity contribution is 9.10. The zero-order valence-electron chi connectivity index (χ0n) is 9.65. The second-order valence-electron chi connectivity index (χ2n) is 3.71. The molecule has 1 aromatic carbocycles. The lowest BCUT2D eigenvalue weighted by Gasteiger charge is -2.08. The Morgan fingerprint density at radius 2 is 2.11 bits per heavy atom. The summed E-state index contributed by atoms with van der Waals surface area (Å²) in [5.41, 5.74) is 6.46. The fourth-order valence-electron chi connectivity index (χ4n) is 1.46. The van der Waals surface area contributed by atoms with Crippen LogP contribution in [0.1, 0.15) is 11.5 Å². The van der Waals surface area contributed by atoms with Crippen molar-refractivity contribution in [2.75, 3.05) is 5.73 Å². The van der Waals surface area contributed by atoms with Crippen LogP contribution < -0.4 is 10.5 Å². The minimum absolute atomic E-state index is 0.256. The van der Waals surface area contributed by atoms with Gasteiger partial charge in [-0.25, -0.2) is 9.97 Å². The number of hydrogen-bond acceptors (Lipinski definition) is 4. The fourth-order valence-corrected chi connectivity index (χ4v) is 2.25. The third-order valence-corrected chi connectivity index (χ3v) is 3.03. The number of rotatable bonds is 3. The SMILES string of the molecule is Cc1cc(N)nc(COc2ccc(Cl)cc2Br)n1. The van der Waals surface area contributed by atoms with Crippen LogP contribution in [0, 0.1) is 6.92 Å². The summed E-state index contributed by atoms with van der Waals surface area (Å²) < 4.78 is 6.39. The Balaban J connectivity index is 2.11. The maximum Gasteiger partial charge on any atom is 0.168 e. The lowest BCUT2D eigenvalue weighted by atomic mass is 10.3. The molecule has 0 unspecified atom stereocenters. The molecule has 0 saturated heterocycles. The third-order valence-electron chi connectivity index (χ3n) is 2.17. The van der Waals surface area contributed by atoms with E-state index < -0.39 is 0 Å². The van der Waals surface area contributed by atoms with E-state index in [1.807, 2.05) is 6.92 Å². The highest BCUT2D eigenvalue weighted by atomic mass is 79.9. The van der Waals surface area contributed by atoms with Gasteiger partial charge in [0.25, 0.3) is 0 Å². The predicted octanol–water partition coefficient (Wildman–Crippen LogP) is 3.36. The number of ether oxygens (including phenoxy) is 1. The Bertz CT molecular complexity index is 557. The van der Waals surface area contributed by atoms with E-state index in [4.69, 9.17) is 22.1 Å². The van der Waals surface area contributed by atoms with Gasteiger partial charge in [0.05, 0.1) is 4.47 Å². The standard InChI is InChI=1S/C12H11BrClN3O/c1-7-4-11(15)17-12(16-7)6-18-10-3-2-8(14)5-9(10)13/h2-5H,6H2,1H3,(H2,15,16,17). The second-order valence-corrected chi connectivity index (χ2v) is 5.00. The van der Waals surface area contributed by atoms with Crippen molar-refractivity contribution in [1.29, 1.82) is 0 Å². The molecule has 0 aliphatic carbocycles. The van der Waals surface area contributed by atoms with Crippen molar-refractivity contribution in [2.24, 2.45) is 0 Å². The van der Waals surface area contributed by atoms with Gasteiger partial charge in [-0.05, 0) is 41.1 Å².